The SMILES string of the molecule is CC(=O)OCC1(c2ccc(Cl)cc2)CCC(O)CC1. The molecule has 19 heavy (non-hydrogen) atoms. The van der Waals surface area contributed by atoms with Gasteiger partial charge in [-0.3, -0.25) is 4.79 Å². The molecule has 0 aromatic heterocycles. The molecule has 104 valence electrons. The molecule has 0 aliphatic heterocycles. The highest BCUT2D eigenvalue weighted by Crippen LogP contribution is 2.40. The first-order chi connectivity index (χ1) is 9.02. The average Bonchev–Trinajstić information content (AvgIpc) is 2.39. The molecule has 1 aliphatic rings. The van der Waals surface area contributed by atoms with Crippen molar-refractivity contribution in [3.8, 4) is 0 Å². The lowest BCUT2D eigenvalue weighted by molar-refractivity contribution is -0.143. The number of hydrogen-bond acceptors (Lipinski definition) is 3. The normalized spacial score (nSPS) is 27.0. The van der Waals surface area contributed by atoms with Crippen LogP contribution in [0.15, 0.2) is 24.3 Å². The Morgan fingerprint density at radius 1 is 1.37 bits per heavy atom. The van der Waals surface area contributed by atoms with E-state index >= 15 is 0 Å². The Balaban J connectivity index is 2.22. The molecule has 0 heterocycles. The smallest absolute Gasteiger partial charge is 0.302 e. The second-order valence-corrected chi connectivity index (χ2v) is 5.74. The van der Waals surface area contributed by atoms with Crippen molar-refractivity contribution in [2.24, 2.45) is 0 Å². The van der Waals surface area contributed by atoms with Crippen molar-refractivity contribution < 1.29 is 14.6 Å². The zero-order chi connectivity index (χ0) is 13.9. The molecular weight excluding hydrogens is 264 g/mol. The van der Waals surface area contributed by atoms with E-state index in [1.54, 1.807) is 0 Å². The van der Waals surface area contributed by atoms with Crippen LogP contribution in [-0.2, 0) is 14.9 Å². The maximum absolute atomic E-state index is 11.1. The van der Waals surface area contributed by atoms with Gasteiger partial charge in [0.2, 0.25) is 0 Å². The predicted molar refractivity (Wildman–Crippen MR) is 74.2 cm³/mol. The highest BCUT2D eigenvalue weighted by atomic mass is 35.5. The summed E-state index contributed by atoms with van der Waals surface area (Å²) in [6.07, 6.45) is 2.89. The van der Waals surface area contributed by atoms with Gasteiger partial charge in [0.25, 0.3) is 0 Å². The standard InChI is InChI=1S/C15H19ClO3/c1-11(17)19-10-15(8-6-14(18)7-9-15)12-2-4-13(16)5-3-12/h2-5,14,18H,6-10H2,1H3. The predicted octanol–water partition coefficient (Wildman–Crippen LogP) is 3.08. The van der Waals surface area contributed by atoms with Crippen molar-refractivity contribution >= 4 is 17.6 Å². The summed E-state index contributed by atoms with van der Waals surface area (Å²) in [5.41, 5.74) is 0.945. The maximum atomic E-state index is 11.1. The summed E-state index contributed by atoms with van der Waals surface area (Å²) < 4.78 is 5.25. The minimum Gasteiger partial charge on any atom is -0.465 e. The number of ether oxygens (including phenoxy) is 1. The lowest BCUT2D eigenvalue weighted by atomic mass is 9.69. The van der Waals surface area contributed by atoms with Gasteiger partial charge < -0.3 is 9.84 Å². The van der Waals surface area contributed by atoms with Crippen LogP contribution in [0.4, 0.5) is 0 Å². The summed E-state index contributed by atoms with van der Waals surface area (Å²) in [4.78, 5) is 11.1. The van der Waals surface area contributed by atoms with Gasteiger partial charge in [0, 0.05) is 17.4 Å². The molecule has 0 atom stereocenters. The summed E-state index contributed by atoms with van der Waals surface area (Å²) in [6.45, 7) is 1.80. The van der Waals surface area contributed by atoms with Crippen LogP contribution >= 0.6 is 11.6 Å². The van der Waals surface area contributed by atoms with Gasteiger partial charge in [0.15, 0.2) is 0 Å². The number of aliphatic hydroxyl groups excluding tert-OH is 1. The summed E-state index contributed by atoms with van der Waals surface area (Å²) in [7, 11) is 0. The summed E-state index contributed by atoms with van der Waals surface area (Å²) in [5.74, 6) is -0.264. The van der Waals surface area contributed by atoms with Crippen molar-refractivity contribution in [3.05, 3.63) is 34.9 Å². The Labute approximate surface area is 118 Å². The van der Waals surface area contributed by atoms with Crippen molar-refractivity contribution in [2.75, 3.05) is 6.61 Å². The van der Waals surface area contributed by atoms with Gasteiger partial charge in [-0.1, -0.05) is 23.7 Å². The molecule has 0 spiro atoms. The molecule has 1 aromatic carbocycles. The van der Waals surface area contributed by atoms with E-state index in [0.717, 1.165) is 31.2 Å². The quantitative estimate of drug-likeness (QED) is 0.867. The molecule has 2 rings (SSSR count). The third kappa shape index (κ3) is 3.48. The number of aliphatic hydroxyl groups is 1. The van der Waals surface area contributed by atoms with E-state index in [9.17, 15) is 9.90 Å². The third-order valence-electron chi connectivity index (χ3n) is 3.92. The molecule has 1 aromatic rings. The van der Waals surface area contributed by atoms with Gasteiger partial charge in [-0.15, -0.1) is 0 Å². The topological polar surface area (TPSA) is 46.5 Å². The van der Waals surface area contributed by atoms with Crippen LogP contribution in [0.3, 0.4) is 0 Å². The minimum absolute atomic E-state index is 0.185. The fourth-order valence-corrected chi connectivity index (χ4v) is 2.84. The maximum Gasteiger partial charge on any atom is 0.302 e. The Kier molecular flexibility index (Phi) is 4.48. The number of benzene rings is 1. The summed E-state index contributed by atoms with van der Waals surface area (Å²) >= 11 is 5.92. The van der Waals surface area contributed by atoms with Gasteiger partial charge in [0.05, 0.1) is 6.10 Å². The van der Waals surface area contributed by atoms with E-state index in [4.69, 9.17) is 16.3 Å². The minimum atomic E-state index is -0.264. The first-order valence-corrected chi connectivity index (χ1v) is 6.97. The Morgan fingerprint density at radius 3 is 2.47 bits per heavy atom. The summed E-state index contributed by atoms with van der Waals surface area (Å²) in [6, 6.07) is 7.70. The van der Waals surface area contributed by atoms with Crippen molar-refractivity contribution in [2.45, 2.75) is 44.1 Å². The van der Waals surface area contributed by atoms with Gasteiger partial charge >= 0.3 is 5.97 Å². The molecule has 0 saturated heterocycles. The molecule has 1 saturated carbocycles. The average molecular weight is 283 g/mol. The third-order valence-corrected chi connectivity index (χ3v) is 4.17. The van der Waals surface area contributed by atoms with Gasteiger partial charge in [-0.2, -0.15) is 0 Å². The fraction of sp³-hybridized carbons (Fsp3) is 0.533. The fourth-order valence-electron chi connectivity index (χ4n) is 2.71. The van der Waals surface area contributed by atoms with Crippen LogP contribution in [-0.4, -0.2) is 23.8 Å². The number of carbonyl (C=O) groups is 1. The van der Waals surface area contributed by atoms with E-state index in [2.05, 4.69) is 0 Å². The first-order valence-electron chi connectivity index (χ1n) is 6.59. The molecule has 1 aliphatic carbocycles. The van der Waals surface area contributed by atoms with Crippen LogP contribution in [0.2, 0.25) is 5.02 Å². The molecule has 0 unspecified atom stereocenters. The highest BCUT2D eigenvalue weighted by molar-refractivity contribution is 6.30. The number of esters is 1. The zero-order valence-corrected chi connectivity index (χ0v) is 11.8. The van der Waals surface area contributed by atoms with Gasteiger partial charge in [-0.25, -0.2) is 0 Å². The number of hydrogen-bond donors (Lipinski definition) is 1. The lowest BCUT2D eigenvalue weighted by Gasteiger charge is -2.38. The highest BCUT2D eigenvalue weighted by Gasteiger charge is 2.37. The lowest BCUT2D eigenvalue weighted by Crippen LogP contribution is -2.38. The Hall–Kier alpha value is -1.06. The number of carbonyl (C=O) groups excluding carboxylic acids is 1. The first kappa shape index (κ1) is 14.4. The van der Waals surface area contributed by atoms with E-state index in [-0.39, 0.29) is 17.5 Å². The molecule has 1 N–H and O–H groups in total. The van der Waals surface area contributed by atoms with E-state index in [0.29, 0.717) is 11.6 Å². The van der Waals surface area contributed by atoms with E-state index in [1.807, 2.05) is 24.3 Å². The Morgan fingerprint density at radius 2 is 1.95 bits per heavy atom. The van der Waals surface area contributed by atoms with Crippen LogP contribution in [0.5, 0.6) is 0 Å². The monoisotopic (exact) mass is 282 g/mol. The molecule has 4 heteroatoms. The molecular formula is C15H19ClO3. The van der Waals surface area contributed by atoms with Crippen molar-refractivity contribution in [1.29, 1.82) is 0 Å². The zero-order valence-electron chi connectivity index (χ0n) is 11.1. The second-order valence-electron chi connectivity index (χ2n) is 5.30. The molecule has 0 radical (unpaired) electrons. The van der Waals surface area contributed by atoms with Gasteiger partial charge in [-0.05, 0) is 43.4 Å². The van der Waals surface area contributed by atoms with Crippen LogP contribution in [0, 0.1) is 0 Å². The molecule has 0 bridgehead atoms. The van der Waals surface area contributed by atoms with Crippen molar-refractivity contribution in [1.82, 2.24) is 0 Å². The second kappa shape index (κ2) is 5.93. The summed E-state index contributed by atoms with van der Waals surface area (Å²) in [5, 5.41) is 10.4. The van der Waals surface area contributed by atoms with Crippen LogP contribution < -0.4 is 0 Å². The van der Waals surface area contributed by atoms with Crippen LogP contribution in [0.25, 0.3) is 0 Å². The van der Waals surface area contributed by atoms with E-state index in [1.165, 1.54) is 6.92 Å². The number of rotatable bonds is 3. The largest absolute Gasteiger partial charge is 0.465 e. The molecule has 3 nitrogen and oxygen atoms in total. The van der Waals surface area contributed by atoms with Crippen LogP contribution in [0.1, 0.15) is 38.2 Å². The molecule has 0 amide bonds. The van der Waals surface area contributed by atoms with E-state index < -0.39 is 0 Å². The Bertz CT molecular complexity index is 433. The van der Waals surface area contributed by atoms with Gasteiger partial charge in [0.1, 0.15) is 6.61 Å². The number of halogens is 1. The molecule has 1 fully saturated rings. The van der Waals surface area contributed by atoms with Crippen molar-refractivity contribution in [3.63, 3.8) is 0 Å².